The Morgan fingerprint density at radius 3 is 2.95 bits per heavy atom. The van der Waals surface area contributed by atoms with Crippen molar-refractivity contribution in [2.24, 2.45) is 0 Å². The molecule has 1 saturated heterocycles. The zero-order valence-corrected chi connectivity index (χ0v) is 12.3. The van der Waals surface area contributed by atoms with Crippen molar-refractivity contribution in [1.29, 1.82) is 0 Å². The number of carbonyl (C=O) groups excluding carboxylic acids is 1. The lowest BCUT2D eigenvalue weighted by Gasteiger charge is -2.23. The van der Waals surface area contributed by atoms with Crippen LogP contribution in [0.1, 0.15) is 37.0 Å². The van der Waals surface area contributed by atoms with Crippen LogP contribution >= 0.6 is 0 Å². The van der Waals surface area contributed by atoms with E-state index in [0.29, 0.717) is 30.6 Å². The Morgan fingerprint density at radius 1 is 1.50 bits per heavy atom. The monoisotopic (exact) mass is 277 g/mol. The first-order valence-electron chi connectivity index (χ1n) is 7.32. The van der Waals surface area contributed by atoms with Gasteiger partial charge in [-0.15, -0.1) is 0 Å². The maximum Gasteiger partial charge on any atom is 0.256 e. The maximum absolute atomic E-state index is 12.2. The molecule has 1 aliphatic rings. The van der Waals surface area contributed by atoms with Crippen molar-refractivity contribution >= 4 is 5.91 Å². The predicted octanol–water partition coefficient (Wildman–Crippen LogP) is 1.69. The van der Waals surface area contributed by atoms with Crippen LogP contribution in [0.4, 0.5) is 0 Å². The lowest BCUT2D eigenvalue weighted by atomic mass is 10.2. The van der Waals surface area contributed by atoms with Crippen molar-refractivity contribution in [3.63, 3.8) is 0 Å². The molecule has 5 heteroatoms. The van der Waals surface area contributed by atoms with Gasteiger partial charge in [0.25, 0.3) is 5.91 Å². The number of likely N-dealkylation sites (tertiary alicyclic amines) is 1. The Hall–Kier alpha value is -1.62. The summed E-state index contributed by atoms with van der Waals surface area (Å²) in [6, 6.07) is 3.86. The summed E-state index contributed by atoms with van der Waals surface area (Å²) in [5.74, 6) is 0.286. The summed E-state index contributed by atoms with van der Waals surface area (Å²) in [5, 5.41) is 2.97. The molecule has 5 nitrogen and oxygen atoms in total. The third-order valence-electron chi connectivity index (χ3n) is 3.62. The Balaban J connectivity index is 1.91. The highest BCUT2D eigenvalue weighted by molar-refractivity contribution is 5.96. The van der Waals surface area contributed by atoms with E-state index in [1.165, 1.54) is 12.8 Å². The molecule has 1 N–H and O–H groups in total. The standard InChI is InChI=1S/C15H23N3O2/c1-3-20-15-13(7-6-8-16-15)14(19)17-11-12(2)18-9-4-5-10-18/h6-8,12H,3-5,9-11H2,1-2H3,(H,17,19). The molecule has 1 aromatic heterocycles. The molecule has 1 amide bonds. The smallest absolute Gasteiger partial charge is 0.256 e. The minimum Gasteiger partial charge on any atom is -0.477 e. The second kappa shape index (κ2) is 7.24. The number of carbonyl (C=O) groups is 1. The fraction of sp³-hybridized carbons (Fsp3) is 0.600. The number of ether oxygens (including phenoxy) is 1. The zero-order chi connectivity index (χ0) is 14.4. The summed E-state index contributed by atoms with van der Waals surface area (Å²) < 4.78 is 5.38. The quantitative estimate of drug-likeness (QED) is 0.860. The summed E-state index contributed by atoms with van der Waals surface area (Å²) in [7, 11) is 0. The van der Waals surface area contributed by atoms with Gasteiger partial charge in [-0.05, 0) is 51.9 Å². The molecular weight excluding hydrogens is 254 g/mol. The molecule has 0 aliphatic carbocycles. The Bertz CT molecular complexity index is 444. The van der Waals surface area contributed by atoms with E-state index in [1.807, 2.05) is 6.92 Å². The van der Waals surface area contributed by atoms with Gasteiger partial charge in [-0.2, -0.15) is 0 Å². The molecule has 2 heterocycles. The molecule has 1 unspecified atom stereocenters. The number of hydrogen-bond acceptors (Lipinski definition) is 4. The highest BCUT2D eigenvalue weighted by Crippen LogP contribution is 2.14. The van der Waals surface area contributed by atoms with Crippen LogP contribution in [-0.2, 0) is 0 Å². The highest BCUT2D eigenvalue weighted by Gasteiger charge is 2.19. The first-order chi connectivity index (χ1) is 9.72. The number of nitrogens with zero attached hydrogens (tertiary/aromatic N) is 2. The minimum absolute atomic E-state index is 0.118. The van der Waals surface area contributed by atoms with Crippen molar-refractivity contribution in [2.45, 2.75) is 32.7 Å². The van der Waals surface area contributed by atoms with Gasteiger partial charge in [0.05, 0.1) is 6.61 Å². The molecule has 110 valence electrons. The second-order valence-electron chi connectivity index (χ2n) is 5.09. The third kappa shape index (κ3) is 3.70. The lowest BCUT2D eigenvalue weighted by molar-refractivity contribution is 0.0935. The van der Waals surface area contributed by atoms with E-state index in [-0.39, 0.29) is 5.91 Å². The number of aromatic nitrogens is 1. The number of pyridine rings is 1. The number of hydrogen-bond donors (Lipinski definition) is 1. The van der Waals surface area contributed by atoms with E-state index in [0.717, 1.165) is 13.1 Å². The van der Waals surface area contributed by atoms with Crippen molar-refractivity contribution in [3.05, 3.63) is 23.9 Å². The normalized spacial score (nSPS) is 16.9. The molecule has 1 aromatic rings. The molecule has 20 heavy (non-hydrogen) atoms. The topological polar surface area (TPSA) is 54.5 Å². The van der Waals surface area contributed by atoms with Crippen LogP contribution in [0.25, 0.3) is 0 Å². The molecule has 1 aliphatic heterocycles. The highest BCUT2D eigenvalue weighted by atomic mass is 16.5. The van der Waals surface area contributed by atoms with Crippen LogP contribution in [-0.4, -0.2) is 48.1 Å². The SMILES string of the molecule is CCOc1ncccc1C(=O)NCC(C)N1CCCC1. The molecule has 0 saturated carbocycles. The van der Waals surface area contributed by atoms with Gasteiger partial charge in [0, 0.05) is 18.8 Å². The molecule has 1 atom stereocenters. The van der Waals surface area contributed by atoms with Crippen LogP contribution in [0.15, 0.2) is 18.3 Å². The van der Waals surface area contributed by atoms with Gasteiger partial charge in [-0.3, -0.25) is 9.69 Å². The molecule has 0 bridgehead atoms. The van der Waals surface area contributed by atoms with Gasteiger partial charge in [0.2, 0.25) is 5.88 Å². The van der Waals surface area contributed by atoms with Crippen molar-refractivity contribution in [3.8, 4) is 5.88 Å². The summed E-state index contributed by atoms with van der Waals surface area (Å²) in [4.78, 5) is 18.7. The van der Waals surface area contributed by atoms with E-state index in [4.69, 9.17) is 4.74 Å². The molecule has 0 radical (unpaired) electrons. The molecule has 0 aromatic carbocycles. The largest absolute Gasteiger partial charge is 0.477 e. The van der Waals surface area contributed by atoms with E-state index < -0.39 is 0 Å². The molecule has 1 fully saturated rings. The summed E-state index contributed by atoms with van der Waals surface area (Å²) >= 11 is 0. The summed E-state index contributed by atoms with van der Waals surface area (Å²) in [6.07, 6.45) is 4.15. The van der Waals surface area contributed by atoms with Gasteiger partial charge >= 0.3 is 0 Å². The number of rotatable bonds is 6. The fourth-order valence-electron chi connectivity index (χ4n) is 2.46. The Morgan fingerprint density at radius 2 is 2.25 bits per heavy atom. The van der Waals surface area contributed by atoms with Crippen LogP contribution < -0.4 is 10.1 Å². The van der Waals surface area contributed by atoms with Crippen LogP contribution in [0.3, 0.4) is 0 Å². The van der Waals surface area contributed by atoms with Crippen LogP contribution in [0.5, 0.6) is 5.88 Å². The first-order valence-corrected chi connectivity index (χ1v) is 7.32. The van der Waals surface area contributed by atoms with Crippen molar-refractivity contribution in [1.82, 2.24) is 15.2 Å². The maximum atomic E-state index is 12.2. The van der Waals surface area contributed by atoms with Gasteiger partial charge < -0.3 is 10.1 Å². The average Bonchev–Trinajstić information content (AvgIpc) is 2.99. The molecular formula is C15H23N3O2. The second-order valence-corrected chi connectivity index (χ2v) is 5.09. The Labute approximate surface area is 120 Å². The van der Waals surface area contributed by atoms with E-state index in [1.54, 1.807) is 18.3 Å². The average molecular weight is 277 g/mol. The predicted molar refractivity (Wildman–Crippen MR) is 78.0 cm³/mol. The van der Waals surface area contributed by atoms with E-state index >= 15 is 0 Å². The van der Waals surface area contributed by atoms with Crippen LogP contribution in [0.2, 0.25) is 0 Å². The van der Waals surface area contributed by atoms with Crippen molar-refractivity contribution < 1.29 is 9.53 Å². The zero-order valence-electron chi connectivity index (χ0n) is 12.3. The van der Waals surface area contributed by atoms with Gasteiger partial charge in [0.15, 0.2) is 0 Å². The van der Waals surface area contributed by atoms with Gasteiger partial charge in [-0.1, -0.05) is 0 Å². The first kappa shape index (κ1) is 14.8. The third-order valence-corrected chi connectivity index (χ3v) is 3.62. The lowest BCUT2D eigenvalue weighted by Crippen LogP contribution is -2.40. The molecule has 0 spiro atoms. The fourth-order valence-corrected chi connectivity index (χ4v) is 2.46. The van der Waals surface area contributed by atoms with Gasteiger partial charge in [-0.25, -0.2) is 4.98 Å². The van der Waals surface area contributed by atoms with E-state index in [2.05, 4.69) is 22.1 Å². The van der Waals surface area contributed by atoms with Crippen molar-refractivity contribution in [2.75, 3.05) is 26.2 Å². The summed E-state index contributed by atoms with van der Waals surface area (Å²) in [6.45, 7) is 7.45. The van der Waals surface area contributed by atoms with E-state index in [9.17, 15) is 4.79 Å². The Kier molecular flexibility index (Phi) is 5.35. The minimum atomic E-state index is -0.118. The molecule has 2 rings (SSSR count). The number of nitrogens with one attached hydrogen (secondary N) is 1. The van der Waals surface area contributed by atoms with Gasteiger partial charge in [0.1, 0.15) is 5.56 Å². The summed E-state index contributed by atoms with van der Waals surface area (Å²) in [5.41, 5.74) is 0.503. The number of amides is 1. The van der Waals surface area contributed by atoms with Crippen LogP contribution in [0, 0.1) is 0 Å².